The molecule has 0 fully saturated rings. The minimum atomic E-state index is -0.371. The molecule has 0 bridgehead atoms. The van der Waals surface area contributed by atoms with Crippen molar-refractivity contribution in [3.8, 4) is 0 Å². The van der Waals surface area contributed by atoms with E-state index in [1.807, 2.05) is 0 Å². The molecule has 0 aromatic heterocycles. The Morgan fingerprint density at radius 3 is 2.06 bits per heavy atom. The van der Waals surface area contributed by atoms with Crippen molar-refractivity contribution in [2.24, 2.45) is 0 Å². The second-order valence-electron chi connectivity index (χ2n) is 4.80. The molecule has 0 aliphatic carbocycles. The zero-order chi connectivity index (χ0) is 12.8. The molecule has 0 heterocycles. The highest BCUT2D eigenvalue weighted by atomic mass is 16.3. The summed E-state index contributed by atoms with van der Waals surface area (Å²) in [4.78, 5) is 10.0. The average Bonchev–Trinajstić information content (AvgIpc) is 2.34. The topological polar surface area (TPSA) is 49.3 Å². The highest BCUT2D eigenvalue weighted by Gasteiger charge is 2.02. The maximum atomic E-state index is 10.0. The van der Waals surface area contributed by atoms with Crippen molar-refractivity contribution in [3.63, 3.8) is 0 Å². The van der Waals surface area contributed by atoms with E-state index in [1.54, 1.807) is 0 Å². The third-order valence-electron chi connectivity index (χ3n) is 3.08. The molecule has 0 radical (unpaired) electrons. The van der Waals surface area contributed by atoms with Crippen molar-refractivity contribution in [1.82, 2.24) is 5.32 Å². The largest absolute Gasteiger partial charge is 0.391 e. The van der Waals surface area contributed by atoms with Crippen molar-refractivity contribution in [3.05, 3.63) is 0 Å². The van der Waals surface area contributed by atoms with Crippen LogP contribution in [0.25, 0.3) is 0 Å². The number of aliphatic hydroxyl groups is 1. The van der Waals surface area contributed by atoms with Crippen molar-refractivity contribution in [1.29, 1.82) is 0 Å². The highest BCUT2D eigenvalue weighted by molar-refractivity contribution is 5.45. The van der Waals surface area contributed by atoms with Crippen LogP contribution in [0.1, 0.15) is 71.1 Å². The van der Waals surface area contributed by atoms with Crippen molar-refractivity contribution < 1.29 is 9.90 Å². The molecule has 0 aliphatic heterocycles. The number of hydrogen-bond donors (Lipinski definition) is 2. The molecule has 1 amide bonds. The van der Waals surface area contributed by atoms with Crippen LogP contribution < -0.4 is 5.32 Å². The summed E-state index contributed by atoms with van der Waals surface area (Å²) in [5.74, 6) is 0. The number of unbranched alkanes of at least 4 members (excludes halogenated alkanes) is 8. The number of hydrogen-bond acceptors (Lipinski definition) is 2. The van der Waals surface area contributed by atoms with Gasteiger partial charge in [0.25, 0.3) is 0 Å². The molecule has 17 heavy (non-hydrogen) atoms. The summed E-state index contributed by atoms with van der Waals surface area (Å²) in [7, 11) is 0. The van der Waals surface area contributed by atoms with Crippen LogP contribution in [0.4, 0.5) is 0 Å². The average molecular weight is 243 g/mol. The molecule has 2 N–H and O–H groups in total. The van der Waals surface area contributed by atoms with Gasteiger partial charge in [0.2, 0.25) is 6.41 Å². The van der Waals surface area contributed by atoms with Gasteiger partial charge in [-0.3, -0.25) is 4.79 Å². The Balaban J connectivity index is 3.04. The molecule has 3 heteroatoms. The fraction of sp³-hybridized carbons (Fsp3) is 0.929. The molecule has 1 atom stereocenters. The lowest BCUT2D eigenvalue weighted by atomic mass is 10.1. The van der Waals surface area contributed by atoms with Gasteiger partial charge in [-0.1, -0.05) is 64.7 Å². The minimum absolute atomic E-state index is 0.371. The smallest absolute Gasteiger partial charge is 0.207 e. The maximum absolute atomic E-state index is 10.0. The predicted molar refractivity (Wildman–Crippen MR) is 71.9 cm³/mol. The van der Waals surface area contributed by atoms with Crippen LogP contribution >= 0.6 is 0 Å². The Morgan fingerprint density at radius 2 is 1.53 bits per heavy atom. The van der Waals surface area contributed by atoms with E-state index in [0.29, 0.717) is 13.0 Å². The minimum Gasteiger partial charge on any atom is -0.391 e. The molecule has 0 aromatic carbocycles. The number of rotatable bonds is 13. The van der Waals surface area contributed by atoms with Crippen LogP contribution in [0.15, 0.2) is 0 Å². The monoisotopic (exact) mass is 243 g/mol. The third kappa shape index (κ3) is 13.4. The van der Waals surface area contributed by atoms with Gasteiger partial charge in [-0.15, -0.1) is 0 Å². The lowest BCUT2D eigenvalue weighted by Crippen LogP contribution is -2.25. The summed E-state index contributed by atoms with van der Waals surface area (Å²) in [6, 6.07) is 0. The van der Waals surface area contributed by atoms with Crippen molar-refractivity contribution >= 4 is 6.41 Å². The van der Waals surface area contributed by atoms with E-state index < -0.39 is 0 Å². The van der Waals surface area contributed by atoms with Gasteiger partial charge in [0.15, 0.2) is 0 Å². The molecule has 0 saturated carbocycles. The lowest BCUT2D eigenvalue weighted by molar-refractivity contribution is -0.110. The number of nitrogens with one attached hydrogen (secondary N) is 1. The summed E-state index contributed by atoms with van der Waals surface area (Å²) >= 11 is 0. The van der Waals surface area contributed by atoms with Crippen LogP contribution in [0.5, 0.6) is 0 Å². The van der Waals surface area contributed by atoms with Crippen LogP contribution in [0.2, 0.25) is 0 Å². The zero-order valence-electron chi connectivity index (χ0n) is 11.3. The molecular weight excluding hydrogens is 214 g/mol. The highest BCUT2D eigenvalue weighted by Crippen LogP contribution is 2.11. The summed E-state index contributed by atoms with van der Waals surface area (Å²) in [6.45, 7) is 2.63. The maximum Gasteiger partial charge on any atom is 0.207 e. The predicted octanol–water partition coefficient (Wildman–Crippen LogP) is 3.01. The Labute approximate surface area is 106 Å². The quantitative estimate of drug-likeness (QED) is 0.386. The SMILES string of the molecule is CCCCCCCCCCC[C@H](O)CNC=O. The van der Waals surface area contributed by atoms with Gasteiger partial charge in [0, 0.05) is 6.54 Å². The molecule has 0 aliphatic rings. The van der Waals surface area contributed by atoms with Gasteiger partial charge in [-0.2, -0.15) is 0 Å². The number of aliphatic hydroxyl groups excluding tert-OH is 1. The second kappa shape index (κ2) is 13.5. The zero-order valence-corrected chi connectivity index (χ0v) is 11.3. The summed E-state index contributed by atoms with van der Waals surface area (Å²) in [5, 5.41) is 12.0. The van der Waals surface area contributed by atoms with E-state index in [1.165, 1.54) is 51.4 Å². The van der Waals surface area contributed by atoms with Crippen molar-refractivity contribution in [2.45, 2.75) is 77.2 Å². The Morgan fingerprint density at radius 1 is 1.00 bits per heavy atom. The van der Waals surface area contributed by atoms with E-state index in [4.69, 9.17) is 0 Å². The third-order valence-corrected chi connectivity index (χ3v) is 3.08. The fourth-order valence-corrected chi connectivity index (χ4v) is 1.98. The molecule has 3 nitrogen and oxygen atoms in total. The molecule has 0 saturated heterocycles. The molecule has 0 aromatic rings. The lowest BCUT2D eigenvalue weighted by Gasteiger charge is -2.09. The summed E-state index contributed by atoms with van der Waals surface area (Å²) in [5.41, 5.74) is 0. The van der Waals surface area contributed by atoms with Crippen LogP contribution in [0, 0.1) is 0 Å². The van der Waals surface area contributed by atoms with Gasteiger partial charge in [-0.25, -0.2) is 0 Å². The van der Waals surface area contributed by atoms with Crippen molar-refractivity contribution in [2.75, 3.05) is 6.54 Å². The second-order valence-corrected chi connectivity index (χ2v) is 4.80. The van der Waals surface area contributed by atoms with E-state index in [2.05, 4.69) is 12.2 Å². The molecule has 0 spiro atoms. The van der Waals surface area contributed by atoms with Crippen LogP contribution in [-0.2, 0) is 4.79 Å². The first-order chi connectivity index (χ1) is 8.31. The standard InChI is InChI=1S/C14H29NO2/c1-2-3-4-5-6-7-8-9-10-11-14(17)12-15-13-16/h13-14,17H,2-12H2,1H3,(H,15,16)/t14-/m0/s1. The number of carbonyl (C=O) groups excluding carboxylic acids is 1. The van der Waals surface area contributed by atoms with E-state index in [0.717, 1.165) is 12.8 Å². The Bertz CT molecular complexity index is 162. The first-order valence-corrected chi connectivity index (χ1v) is 7.16. The molecule has 0 rings (SSSR count). The van der Waals surface area contributed by atoms with Gasteiger partial charge >= 0.3 is 0 Å². The van der Waals surface area contributed by atoms with Crippen LogP contribution in [-0.4, -0.2) is 24.2 Å². The molecule has 102 valence electrons. The van der Waals surface area contributed by atoms with Gasteiger partial charge < -0.3 is 10.4 Å². The van der Waals surface area contributed by atoms with Gasteiger partial charge in [0.1, 0.15) is 0 Å². The summed E-state index contributed by atoms with van der Waals surface area (Å²) < 4.78 is 0. The van der Waals surface area contributed by atoms with E-state index >= 15 is 0 Å². The fourth-order valence-electron chi connectivity index (χ4n) is 1.98. The summed E-state index contributed by atoms with van der Waals surface area (Å²) in [6.07, 6.45) is 12.7. The van der Waals surface area contributed by atoms with Gasteiger partial charge in [-0.05, 0) is 6.42 Å². The van der Waals surface area contributed by atoms with E-state index in [-0.39, 0.29) is 6.10 Å². The number of carbonyl (C=O) groups is 1. The number of amides is 1. The Hall–Kier alpha value is -0.570. The van der Waals surface area contributed by atoms with E-state index in [9.17, 15) is 9.90 Å². The van der Waals surface area contributed by atoms with Crippen LogP contribution in [0.3, 0.4) is 0 Å². The molecular formula is C14H29NO2. The van der Waals surface area contributed by atoms with Gasteiger partial charge in [0.05, 0.1) is 6.10 Å². The normalized spacial score (nSPS) is 12.4. The Kier molecular flexibility index (Phi) is 13.0. The first kappa shape index (κ1) is 16.4. The first-order valence-electron chi connectivity index (χ1n) is 7.16. The molecule has 0 unspecified atom stereocenters.